The Hall–Kier alpha value is -2.58. The molecular weight excluding hydrogens is 428 g/mol. The molecule has 8 heteroatoms. The lowest BCUT2D eigenvalue weighted by Crippen LogP contribution is -2.37. The minimum Gasteiger partial charge on any atom is -0.396 e. The number of rotatable bonds is 9. The van der Waals surface area contributed by atoms with Gasteiger partial charge in [0.2, 0.25) is 0 Å². The van der Waals surface area contributed by atoms with Gasteiger partial charge in [-0.25, -0.2) is 4.68 Å². The molecule has 184 valence electrons. The Morgan fingerprint density at radius 3 is 2.62 bits per heavy atom. The van der Waals surface area contributed by atoms with Gasteiger partial charge >= 0.3 is 0 Å². The molecular formula is C26H38N6O2. The average Bonchev–Trinajstić information content (AvgIpc) is 3.30. The van der Waals surface area contributed by atoms with E-state index in [1.807, 2.05) is 23.7 Å². The van der Waals surface area contributed by atoms with E-state index in [0.717, 1.165) is 46.3 Å². The zero-order valence-electron chi connectivity index (χ0n) is 20.9. The summed E-state index contributed by atoms with van der Waals surface area (Å²) >= 11 is 0. The van der Waals surface area contributed by atoms with Crippen LogP contribution in [0.2, 0.25) is 0 Å². The molecule has 0 aliphatic heterocycles. The Labute approximate surface area is 201 Å². The van der Waals surface area contributed by atoms with Gasteiger partial charge in [-0.05, 0) is 66.6 Å². The minimum atomic E-state index is -0.0652. The van der Waals surface area contributed by atoms with Gasteiger partial charge in [-0.15, -0.1) is 5.10 Å². The highest BCUT2D eigenvalue weighted by Crippen LogP contribution is 2.34. The van der Waals surface area contributed by atoms with Crippen LogP contribution in [0.3, 0.4) is 0 Å². The van der Waals surface area contributed by atoms with Crippen LogP contribution >= 0.6 is 0 Å². The van der Waals surface area contributed by atoms with E-state index >= 15 is 0 Å². The molecule has 2 heterocycles. The number of tetrazole rings is 1. The van der Waals surface area contributed by atoms with E-state index in [1.54, 1.807) is 0 Å². The van der Waals surface area contributed by atoms with Crippen LogP contribution < -0.4 is 5.56 Å². The van der Waals surface area contributed by atoms with Crippen molar-refractivity contribution in [2.45, 2.75) is 84.8 Å². The fraction of sp³-hybridized carbons (Fsp3) is 0.615. The molecule has 0 spiro atoms. The van der Waals surface area contributed by atoms with Gasteiger partial charge in [0.1, 0.15) is 0 Å². The summed E-state index contributed by atoms with van der Waals surface area (Å²) in [6.45, 7) is 9.66. The number of H-pyrrole nitrogens is 1. The molecule has 2 N–H and O–H groups in total. The minimum absolute atomic E-state index is 0.0582. The summed E-state index contributed by atoms with van der Waals surface area (Å²) in [6, 6.07) is 6.44. The first kappa shape index (κ1) is 24.5. The molecule has 1 aliphatic rings. The van der Waals surface area contributed by atoms with Gasteiger partial charge in [0, 0.05) is 30.6 Å². The summed E-state index contributed by atoms with van der Waals surface area (Å²) in [6.07, 6.45) is 6.50. The molecule has 0 bridgehead atoms. The zero-order chi connectivity index (χ0) is 24.2. The summed E-state index contributed by atoms with van der Waals surface area (Å²) in [7, 11) is 0. The van der Waals surface area contributed by atoms with Gasteiger partial charge < -0.3 is 10.1 Å². The van der Waals surface area contributed by atoms with E-state index in [0.29, 0.717) is 25.6 Å². The highest BCUT2D eigenvalue weighted by molar-refractivity contribution is 5.85. The summed E-state index contributed by atoms with van der Waals surface area (Å²) < 4.78 is 2.04. The number of nitrogens with zero attached hydrogens (tertiary/aromatic N) is 5. The Balaban J connectivity index is 1.72. The second-order valence-corrected chi connectivity index (χ2v) is 10.1. The van der Waals surface area contributed by atoms with E-state index in [1.165, 1.54) is 19.3 Å². The number of nitrogens with one attached hydrogen (secondary N) is 1. The van der Waals surface area contributed by atoms with Crippen molar-refractivity contribution >= 4 is 10.9 Å². The Morgan fingerprint density at radius 2 is 1.91 bits per heavy atom. The van der Waals surface area contributed by atoms with Crippen LogP contribution in [-0.2, 0) is 6.54 Å². The van der Waals surface area contributed by atoms with Gasteiger partial charge in [-0.3, -0.25) is 9.69 Å². The Kier molecular flexibility index (Phi) is 7.78. The maximum Gasteiger partial charge on any atom is 0.252 e. The van der Waals surface area contributed by atoms with Crippen LogP contribution in [0.4, 0.5) is 0 Å². The number of hydrogen-bond acceptors (Lipinski definition) is 6. The lowest BCUT2D eigenvalue weighted by molar-refractivity contribution is 0.118. The quantitative estimate of drug-likeness (QED) is 0.490. The van der Waals surface area contributed by atoms with E-state index in [-0.39, 0.29) is 24.1 Å². The maximum atomic E-state index is 13.1. The van der Waals surface area contributed by atoms with Crippen molar-refractivity contribution in [1.29, 1.82) is 0 Å². The second-order valence-electron chi connectivity index (χ2n) is 10.1. The molecule has 1 atom stereocenters. The monoisotopic (exact) mass is 466 g/mol. The number of pyridine rings is 1. The smallest absolute Gasteiger partial charge is 0.252 e. The third-order valence-corrected chi connectivity index (χ3v) is 7.23. The fourth-order valence-corrected chi connectivity index (χ4v) is 5.41. The molecule has 0 amide bonds. The van der Waals surface area contributed by atoms with Gasteiger partial charge in [0.05, 0.1) is 17.6 Å². The number of benzene rings is 1. The number of aliphatic hydroxyl groups is 1. The summed E-state index contributed by atoms with van der Waals surface area (Å²) in [5.41, 5.74) is 3.76. The predicted octanol–water partition coefficient (Wildman–Crippen LogP) is 4.22. The first-order valence-electron chi connectivity index (χ1n) is 12.7. The third kappa shape index (κ3) is 5.08. The molecule has 0 radical (unpaired) electrons. The van der Waals surface area contributed by atoms with Crippen molar-refractivity contribution < 1.29 is 5.11 Å². The average molecular weight is 467 g/mol. The molecule has 1 fully saturated rings. The van der Waals surface area contributed by atoms with Crippen LogP contribution in [0.1, 0.15) is 87.0 Å². The van der Waals surface area contributed by atoms with Crippen molar-refractivity contribution in [1.82, 2.24) is 30.1 Å². The standard InChI is InChI=1S/C26H38N6O2/c1-17(2)24(25-28-29-30-32(25)21-9-6-5-7-10-21)31(13-8-14-33)16-20-15-22-18(3)11-12-19(4)23(22)27-26(20)34/h11-12,15,17,21,24,33H,5-10,13-14,16H2,1-4H3,(H,27,34)/t24-/m1/s1. The zero-order valence-corrected chi connectivity index (χ0v) is 20.9. The predicted molar refractivity (Wildman–Crippen MR) is 134 cm³/mol. The molecule has 3 aromatic rings. The first-order valence-corrected chi connectivity index (χ1v) is 12.7. The van der Waals surface area contributed by atoms with Crippen LogP contribution in [0.5, 0.6) is 0 Å². The van der Waals surface area contributed by atoms with E-state index < -0.39 is 0 Å². The van der Waals surface area contributed by atoms with Crippen molar-refractivity contribution in [3.63, 3.8) is 0 Å². The molecule has 2 aromatic heterocycles. The van der Waals surface area contributed by atoms with Gasteiger partial charge in [-0.1, -0.05) is 45.2 Å². The number of aromatic amines is 1. The van der Waals surface area contributed by atoms with E-state index in [4.69, 9.17) is 0 Å². The van der Waals surface area contributed by atoms with Crippen LogP contribution in [0.25, 0.3) is 10.9 Å². The normalized spacial score (nSPS) is 16.1. The highest BCUT2D eigenvalue weighted by Gasteiger charge is 2.32. The molecule has 4 rings (SSSR count). The van der Waals surface area contributed by atoms with Crippen molar-refractivity contribution in [2.75, 3.05) is 13.2 Å². The first-order chi connectivity index (χ1) is 16.4. The molecule has 0 unspecified atom stereocenters. The number of hydrogen-bond donors (Lipinski definition) is 2. The van der Waals surface area contributed by atoms with Crippen molar-refractivity contribution in [2.24, 2.45) is 5.92 Å². The van der Waals surface area contributed by atoms with Crippen molar-refractivity contribution in [3.05, 3.63) is 51.1 Å². The van der Waals surface area contributed by atoms with Gasteiger partial charge in [-0.2, -0.15) is 0 Å². The number of fused-ring (bicyclic) bond motifs is 1. The van der Waals surface area contributed by atoms with Crippen LogP contribution in [0, 0.1) is 19.8 Å². The third-order valence-electron chi connectivity index (χ3n) is 7.23. The van der Waals surface area contributed by atoms with Crippen LogP contribution in [-0.4, -0.2) is 48.3 Å². The fourth-order valence-electron chi connectivity index (χ4n) is 5.41. The lowest BCUT2D eigenvalue weighted by atomic mass is 9.94. The topological polar surface area (TPSA) is 99.9 Å². The molecule has 1 aromatic carbocycles. The van der Waals surface area contributed by atoms with E-state index in [2.05, 4.69) is 52.2 Å². The maximum absolute atomic E-state index is 13.1. The van der Waals surface area contributed by atoms with Gasteiger partial charge in [0.25, 0.3) is 5.56 Å². The molecule has 34 heavy (non-hydrogen) atoms. The summed E-state index contributed by atoms with van der Waals surface area (Å²) in [5, 5.41) is 23.7. The highest BCUT2D eigenvalue weighted by atomic mass is 16.3. The SMILES string of the molecule is Cc1ccc(C)c2[nH]c(=O)c(CN(CCCO)[C@@H](c3nnnn3C3CCCCC3)C(C)C)cc12. The Morgan fingerprint density at radius 1 is 1.18 bits per heavy atom. The Bertz CT molecular complexity index is 1160. The summed E-state index contributed by atoms with van der Waals surface area (Å²) in [4.78, 5) is 18.5. The summed E-state index contributed by atoms with van der Waals surface area (Å²) in [5.74, 6) is 1.10. The second kappa shape index (κ2) is 10.8. The van der Waals surface area contributed by atoms with Crippen LogP contribution in [0.15, 0.2) is 23.0 Å². The number of aromatic nitrogens is 5. The van der Waals surface area contributed by atoms with Crippen molar-refractivity contribution in [3.8, 4) is 0 Å². The van der Waals surface area contributed by atoms with Gasteiger partial charge in [0.15, 0.2) is 5.82 Å². The largest absolute Gasteiger partial charge is 0.396 e. The molecule has 8 nitrogen and oxygen atoms in total. The number of aryl methyl sites for hydroxylation is 2. The van der Waals surface area contributed by atoms with E-state index in [9.17, 15) is 9.90 Å². The molecule has 0 saturated heterocycles. The lowest BCUT2D eigenvalue weighted by Gasteiger charge is -2.34. The number of aliphatic hydroxyl groups excluding tert-OH is 1. The molecule has 1 saturated carbocycles. The molecule has 1 aliphatic carbocycles.